The molecule has 1 aliphatic heterocycles. The number of ether oxygens (including phenoxy) is 2. The number of fused-ring (bicyclic) bond motifs is 1. The van der Waals surface area contributed by atoms with Crippen LogP contribution in [0.2, 0.25) is 0 Å². The molecule has 0 aromatic carbocycles. The van der Waals surface area contributed by atoms with E-state index >= 15 is 0 Å². The first-order chi connectivity index (χ1) is 14.2. The van der Waals surface area contributed by atoms with Crippen molar-refractivity contribution in [2.45, 2.75) is 45.6 Å². The summed E-state index contributed by atoms with van der Waals surface area (Å²) in [5.41, 5.74) is 1.32. The number of amides is 1. The molecule has 7 nitrogen and oxygen atoms in total. The third-order valence-electron chi connectivity index (χ3n) is 5.27. The van der Waals surface area contributed by atoms with Crippen LogP contribution in [0.25, 0.3) is 11.0 Å². The van der Waals surface area contributed by atoms with Gasteiger partial charge in [-0.05, 0) is 65.1 Å². The number of nitrogens with one attached hydrogen (secondary N) is 1. The van der Waals surface area contributed by atoms with Crippen LogP contribution in [0.3, 0.4) is 0 Å². The van der Waals surface area contributed by atoms with Gasteiger partial charge in [0.15, 0.2) is 0 Å². The molecule has 0 spiro atoms. The van der Waals surface area contributed by atoms with Crippen molar-refractivity contribution >= 4 is 17.1 Å². The third-order valence-corrected chi connectivity index (χ3v) is 5.27. The highest BCUT2D eigenvalue weighted by Crippen LogP contribution is 2.23. The molecule has 1 aliphatic rings. The molecule has 3 heterocycles. The number of rotatable bonds is 6. The lowest BCUT2D eigenvalue weighted by molar-refractivity contribution is 0.0510. The largest absolute Gasteiger partial charge is 0.481 e. The first-order valence-electron chi connectivity index (χ1n) is 10.4. The SMILES string of the molecule is COc1ccc2ncc(F)c(CCN3CCC(CNC(=O)OC(C)(C)C)CC3)c2n1. The van der Waals surface area contributed by atoms with Gasteiger partial charge in [0.2, 0.25) is 5.88 Å². The number of hydrogen-bond donors (Lipinski definition) is 1. The molecule has 1 saturated heterocycles. The van der Waals surface area contributed by atoms with Crippen LogP contribution in [-0.2, 0) is 11.2 Å². The van der Waals surface area contributed by atoms with E-state index in [0.717, 1.165) is 32.5 Å². The first kappa shape index (κ1) is 22.2. The number of piperidine rings is 1. The van der Waals surface area contributed by atoms with Gasteiger partial charge in [-0.2, -0.15) is 0 Å². The van der Waals surface area contributed by atoms with Gasteiger partial charge in [-0.15, -0.1) is 0 Å². The summed E-state index contributed by atoms with van der Waals surface area (Å²) in [6.07, 6.45) is 3.43. The molecule has 3 rings (SSSR count). The van der Waals surface area contributed by atoms with Crippen LogP contribution in [0.15, 0.2) is 18.3 Å². The van der Waals surface area contributed by atoms with E-state index in [9.17, 15) is 9.18 Å². The molecule has 164 valence electrons. The lowest BCUT2D eigenvalue weighted by Gasteiger charge is -2.32. The first-order valence-corrected chi connectivity index (χ1v) is 10.4. The van der Waals surface area contributed by atoms with E-state index in [1.54, 1.807) is 19.2 Å². The van der Waals surface area contributed by atoms with Crippen molar-refractivity contribution in [3.05, 3.63) is 29.7 Å². The Bertz CT molecular complexity index is 877. The van der Waals surface area contributed by atoms with Gasteiger partial charge in [-0.25, -0.2) is 14.2 Å². The molecule has 2 aromatic heterocycles. The molecule has 0 unspecified atom stereocenters. The summed E-state index contributed by atoms with van der Waals surface area (Å²) in [6.45, 7) is 8.77. The number of nitrogens with zero attached hydrogens (tertiary/aromatic N) is 3. The summed E-state index contributed by atoms with van der Waals surface area (Å²) in [5, 5.41) is 2.86. The molecule has 0 atom stereocenters. The summed E-state index contributed by atoms with van der Waals surface area (Å²) in [6, 6.07) is 3.53. The fourth-order valence-corrected chi connectivity index (χ4v) is 3.65. The lowest BCUT2D eigenvalue weighted by atomic mass is 9.96. The predicted molar refractivity (Wildman–Crippen MR) is 113 cm³/mol. The highest BCUT2D eigenvalue weighted by atomic mass is 19.1. The molecule has 1 N–H and O–H groups in total. The quantitative estimate of drug-likeness (QED) is 0.773. The zero-order chi connectivity index (χ0) is 21.7. The Morgan fingerprint density at radius 2 is 2.03 bits per heavy atom. The van der Waals surface area contributed by atoms with E-state index in [1.807, 2.05) is 20.8 Å². The van der Waals surface area contributed by atoms with Gasteiger partial charge in [0.25, 0.3) is 0 Å². The molecule has 0 saturated carbocycles. The monoisotopic (exact) mass is 418 g/mol. The van der Waals surface area contributed by atoms with Crippen LogP contribution in [0.4, 0.5) is 9.18 Å². The van der Waals surface area contributed by atoms with Crippen molar-refractivity contribution in [1.29, 1.82) is 0 Å². The standard InChI is InChI=1S/C22H31FN4O3/c1-22(2,3)30-21(28)25-13-15-7-10-27(11-8-15)12-9-16-17(23)14-24-18-5-6-19(29-4)26-20(16)18/h5-6,14-15H,7-13H2,1-4H3,(H,25,28). The number of carbonyl (C=O) groups excluding carboxylic acids is 1. The Balaban J connectivity index is 1.50. The van der Waals surface area contributed by atoms with Crippen LogP contribution >= 0.6 is 0 Å². The second-order valence-electron chi connectivity index (χ2n) is 8.72. The van der Waals surface area contributed by atoms with Gasteiger partial charge in [0.05, 0.1) is 24.3 Å². The van der Waals surface area contributed by atoms with Crippen molar-refractivity contribution in [1.82, 2.24) is 20.2 Å². The summed E-state index contributed by atoms with van der Waals surface area (Å²) < 4.78 is 24.9. The molecule has 0 aliphatic carbocycles. The summed E-state index contributed by atoms with van der Waals surface area (Å²) in [5.74, 6) is 0.548. The minimum atomic E-state index is -0.487. The highest BCUT2D eigenvalue weighted by Gasteiger charge is 2.22. The minimum absolute atomic E-state index is 0.334. The number of hydrogen-bond acceptors (Lipinski definition) is 6. The zero-order valence-corrected chi connectivity index (χ0v) is 18.2. The molecule has 8 heteroatoms. The molecule has 2 aromatic rings. The number of alkyl carbamates (subject to hydrolysis) is 1. The number of pyridine rings is 2. The van der Waals surface area contributed by atoms with Crippen molar-refractivity contribution in [3.63, 3.8) is 0 Å². The molecule has 0 bridgehead atoms. The summed E-state index contributed by atoms with van der Waals surface area (Å²) in [4.78, 5) is 22.7. The molecule has 30 heavy (non-hydrogen) atoms. The summed E-state index contributed by atoms with van der Waals surface area (Å²) in [7, 11) is 1.54. The fourth-order valence-electron chi connectivity index (χ4n) is 3.65. The van der Waals surface area contributed by atoms with Crippen LogP contribution in [0, 0.1) is 11.7 Å². The molecular weight excluding hydrogens is 387 g/mol. The number of aromatic nitrogens is 2. The fraction of sp³-hybridized carbons (Fsp3) is 0.591. The lowest BCUT2D eigenvalue weighted by Crippen LogP contribution is -2.40. The molecule has 1 fully saturated rings. The van der Waals surface area contributed by atoms with Gasteiger partial charge in [-0.1, -0.05) is 0 Å². The average Bonchev–Trinajstić information content (AvgIpc) is 2.70. The zero-order valence-electron chi connectivity index (χ0n) is 18.2. The van der Waals surface area contributed by atoms with Gasteiger partial charge in [0.1, 0.15) is 11.4 Å². The normalized spacial score (nSPS) is 15.9. The maximum atomic E-state index is 14.5. The number of likely N-dealkylation sites (tertiary alicyclic amines) is 1. The van der Waals surface area contributed by atoms with Gasteiger partial charge in [0, 0.05) is 24.7 Å². The van der Waals surface area contributed by atoms with Crippen LogP contribution in [-0.4, -0.2) is 59.9 Å². The maximum Gasteiger partial charge on any atom is 0.407 e. The molecule has 0 radical (unpaired) electrons. The third kappa shape index (κ3) is 6.01. The van der Waals surface area contributed by atoms with Gasteiger partial charge in [-0.3, -0.25) is 4.98 Å². The van der Waals surface area contributed by atoms with Crippen molar-refractivity contribution in [2.75, 3.05) is 33.3 Å². The average molecular weight is 419 g/mol. The predicted octanol–water partition coefficient (Wildman–Crippen LogP) is 3.56. The van der Waals surface area contributed by atoms with E-state index in [-0.39, 0.29) is 11.9 Å². The second-order valence-corrected chi connectivity index (χ2v) is 8.72. The van der Waals surface area contributed by atoms with E-state index < -0.39 is 5.60 Å². The number of methoxy groups -OCH3 is 1. The Hall–Kier alpha value is -2.48. The Kier molecular flexibility index (Phi) is 7.07. The van der Waals surface area contributed by atoms with Crippen LogP contribution in [0.5, 0.6) is 5.88 Å². The second kappa shape index (κ2) is 9.55. The smallest absolute Gasteiger partial charge is 0.407 e. The number of carbonyl (C=O) groups is 1. The summed E-state index contributed by atoms with van der Waals surface area (Å²) >= 11 is 0. The van der Waals surface area contributed by atoms with E-state index in [0.29, 0.717) is 41.4 Å². The Labute approximate surface area is 177 Å². The van der Waals surface area contributed by atoms with E-state index in [2.05, 4.69) is 20.2 Å². The highest BCUT2D eigenvalue weighted by molar-refractivity contribution is 5.78. The van der Waals surface area contributed by atoms with Gasteiger partial charge < -0.3 is 19.7 Å². The molecule has 1 amide bonds. The Morgan fingerprint density at radius 3 is 2.70 bits per heavy atom. The van der Waals surface area contributed by atoms with Crippen molar-refractivity contribution in [2.24, 2.45) is 5.92 Å². The minimum Gasteiger partial charge on any atom is -0.481 e. The number of halogens is 1. The van der Waals surface area contributed by atoms with Crippen LogP contribution < -0.4 is 10.1 Å². The maximum absolute atomic E-state index is 14.5. The van der Waals surface area contributed by atoms with E-state index in [4.69, 9.17) is 9.47 Å². The van der Waals surface area contributed by atoms with E-state index in [1.165, 1.54) is 6.20 Å². The molecular formula is C22H31FN4O3. The van der Waals surface area contributed by atoms with Crippen molar-refractivity contribution < 1.29 is 18.7 Å². The van der Waals surface area contributed by atoms with Crippen LogP contribution in [0.1, 0.15) is 39.2 Å². The van der Waals surface area contributed by atoms with Crippen molar-refractivity contribution in [3.8, 4) is 5.88 Å². The Morgan fingerprint density at radius 1 is 1.30 bits per heavy atom. The van der Waals surface area contributed by atoms with Gasteiger partial charge >= 0.3 is 6.09 Å². The topological polar surface area (TPSA) is 76.6 Å².